The van der Waals surface area contributed by atoms with E-state index in [9.17, 15) is 19.5 Å². The smallest absolute Gasteiger partial charge is 0.362 e. The van der Waals surface area contributed by atoms with Crippen molar-refractivity contribution in [1.29, 1.82) is 0 Å². The lowest BCUT2D eigenvalue weighted by atomic mass is 10.0. The number of likely N-dealkylation sites (N-methyl/N-ethyl adjacent to an activating group) is 1. The number of aliphatic carboxylic acids is 1. The molecule has 334 valence electrons. The zero-order valence-corrected chi connectivity index (χ0v) is 38.0. The number of hydrogen-bond acceptors (Lipinski definition) is 6. The Bertz CT molecular complexity index is 1130. The first-order valence-electron chi connectivity index (χ1n) is 23.4. The molecular formula is C50H88NO7+. The molecule has 0 radical (unpaired) electrons. The van der Waals surface area contributed by atoms with Crippen LogP contribution in [0.4, 0.5) is 0 Å². The minimum Gasteiger partial charge on any atom is -0.477 e. The van der Waals surface area contributed by atoms with E-state index in [4.69, 9.17) is 14.2 Å². The Morgan fingerprint density at radius 3 is 1.52 bits per heavy atom. The average Bonchev–Trinajstić information content (AvgIpc) is 3.18. The van der Waals surface area contributed by atoms with Crippen LogP contribution < -0.4 is 0 Å². The number of quaternary nitrogens is 1. The molecule has 8 nitrogen and oxygen atoms in total. The first kappa shape index (κ1) is 55.0. The molecule has 8 heteroatoms. The zero-order chi connectivity index (χ0) is 42.8. The van der Waals surface area contributed by atoms with E-state index >= 15 is 0 Å². The van der Waals surface area contributed by atoms with Crippen molar-refractivity contribution in [3.8, 4) is 0 Å². The molecule has 0 heterocycles. The molecule has 2 unspecified atom stereocenters. The molecule has 0 saturated carbocycles. The van der Waals surface area contributed by atoms with E-state index in [1.165, 1.54) is 77.0 Å². The van der Waals surface area contributed by atoms with Crippen molar-refractivity contribution in [1.82, 2.24) is 0 Å². The molecule has 0 aliphatic rings. The maximum absolute atomic E-state index is 12.8. The zero-order valence-electron chi connectivity index (χ0n) is 38.0. The van der Waals surface area contributed by atoms with Crippen molar-refractivity contribution in [2.45, 2.75) is 199 Å². The summed E-state index contributed by atoms with van der Waals surface area (Å²) < 4.78 is 17.3. The van der Waals surface area contributed by atoms with Crippen LogP contribution in [0.5, 0.6) is 0 Å². The molecule has 2 atom stereocenters. The molecule has 0 aliphatic carbocycles. The van der Waals surface area contributed by atoms with E-state index in [0.717, 1.165) is 77.0 Å². The van der Waals surface area contributed by atoms with Gasteiger partial charge in [-0.05, 0) is 57.8 Å². The second kappa shape index (κ2) is 40.8. The summed E-state index contributed by atoms with van der Waals surface area (Å²) in [4.78, 5) is 37.0. The Morgan fingerprint density at radius 1 is 0.534 bits per heavy atom. The van der Waals surface area contributed by atoms with Crippen LogP contribution in [-0.4, -0.2) is 80.6 Å². The molecule has 0 aromatic carbocycles. The molecule has 58 heavy (non-hydrogen) atoms. The topological polar surface area (TPSA) is 99.1 Å². The van der Waals surface area contributed by atoms with Crippen molar-refractivity contribution in [2.24, 2.45) is 0 Å². The quantitative estimate of drug-likeness (QED) is 0.0216. The van der Waals surface area contributed by atoms with E-state index in [0.29, 0.717) is 19.3 Å². The molecule has 0 rings (SSSR count). The lowest BCUT2D eigenvalue weighted by Crippen LogP contribution is -2.50. The largest absolute Gasteiger partial charge is 0.477 e. The normalized spacial score (nSPS) is 13.5. The monoisotopic (exact) mass is 815 g/mol. The number of unbranched alkanes of at least 4 members (excludes halogenated alkanes) is 19. The minimum absolute atomic E-state index is 0.0532. The van der Waals surface area contributed by atoms with Crippen molar-refractivity contribution >= 4 is 17.9 Å². The summed E-state index contributed by atoms with van der Waals surface area (Å²) in [6.45, 7) is 4.48. The van der Waals surface area contributed by atoms with Gasteiger partial charge >= 0.3 is 17.9 Å². The molecule has 0 aromatic rings. The number of hydrogen-bond donors (Lipinski definition) is 1. The van der Waals surface area contributed by atoms with Crippen molar-refractivity contribution < 1.29 is 38.2 Å². The van der Waals surface area contributed by atoms with Gasteiger partial charge in [-0.15, -0.1) is 0 Å². The summed E-state index contributed by atoms with van der Waals surface area (Å²) in [5, 5.41) is 9.63. The Balaban J connectivity index is 4.26. The number of carbonyl (C=O) groups excluding carboxylic acids is 2. The third kappa shape index (κ3) is 38.5. The minimum atomic E-state index is -0.879. The second-order valence-corrected chi connectivity index (χ2v) is 16.7. The molecular weight excluding hydrogens is 727 g/mol. The summed E-state index contributed by atoms with van der Waals surface area (Å²) in [5.41, 5.74) is 0. The summed E-state index contributed by atoms with van der Waals surface area (Å²) in [6, 6.07) is -0.619. The van der Waals surface area contributed by atoms with Crippen LogP contribution in [0.3, 0.4) is 0 Å². The third-order valence-electron chi connectivity index (χ3n) is 10.2. The van der Waals surface area contributed by atoms with Gasteiger partial charge in [0, 0.05) is 19.3 Å². The van der Waals surface area contributed by atoms with Gasteiger partial charge in [0.05, 0.1) is 34.4 Å². The Labute approximate surface area is 356 Å². The average molecular weight is 815 g/mol. The number of nitrogens with zero attached hydrogens (tertiary/aromatic N) is 1. The van der Waals surface area contributed by atoms with Crippen LogP contribution in [0.15, 0.2) is 60.8 Å². The highest BCUT2D eigenvalue weighted by molar-refractivity contribution is 5.72. The molecule has 0 amide bonds. The fourth-order valence-electron chi connectivity index (χ4n) is 6.66. The van der Waals surface area contributed by atoms with Crippen LogP contribution >= 0.6 is 0 Å². The van der Waals surface area contributed by atoms with Gasteiger partial charge in [-0.25, -0.2) is 4.79 Å². The predicted molar refractivity (Wildman–Crippen MR) is 243 cm³/mol. The molecule has 0 spiro atoms. The van der Waals surface area contributed by atoms with Crippen LogP contribution in [0, 0.1) is 0 Å². The Kier molecular flexibility index (Phi) is 38.7. The summed E-state index contributed by atoms with van der Waals surface area (Å²) in [6.07, 6.45) is 49.9. The maximum atomic E-state index is 12.8. The van der Waals surface area contributed by atoms with Gasteiger partial charge in [0.2, 0.25) is 0 Å². The van der Waals surface area contributed by atoms with E-state index in [2.05, 4.69) is 68.5 Å². The third-order valence-corrected chi connectivity index (χ3v) is 10.2. The van der Waals surface area contributed by atoms with Crippen molar-refractivity contribution in [2.75, 3.05) is 41.0 Å². The summed E-state index contributed by atoms with van der Waals surface area (Å²) in [5.74, 6) is -1.49. The molecule has 0 aliphatic heterocycles. The fraction of sp³-hybridized carbons (Fsp3) is 0.740. The summed E-state index contributed by atoms with van der Waals surface area (Å²) in [7, 11) is 5.52. The number of carbonyl (C=O) groups is 3. The van der Waals surface area contributed by atoms with E-state index in [1.807, 2.05) is 27.2 Å². The van der Waals surface area contributed by atoms with Gasteiger partial charge in [0.15, 0.2) is 12.1 Å². The SMILES string of the molecule is CC/C=C/C=C/C=C/CCCCCCCC(=O)OCC(COCCC(C(=O)O)[N+](C)(C)C)OC(=O)CCCCCCCCCCCCCCCC/C=C/C/C=C/CC. The standard InChI is InChI=1S/C50H87NO7/c1-6-8-10-12-14-16-18-20-21-22-23-24-25-26-27-29-31-33-35-37-39-41-49(53)58-46(44-56-43-42-47(50(54)55)51(3,4)5)45-57-48(52)40-38-36-34-32-30-28-19-17-15-13-11-9-7-2/h8-11,13-17,19,46-47H,6-7,12,18,20-45H2,1-5H3/p+1/b10-8+,11-9+,15-13+,16-14+,19-17+. The van der Waals surface area contributed by atoms with Crippen molar-refractivity contribution in [3.63, 3.8) is 0 Å². The van der Waals surface area contributed by atoms with Gasteiger partial charge in [-0.3, -0.25) is 9.59 Å². The van der Waals surface area contributed by atoms with E-state index < -0.39 is 18.1 Å². The van der Waals surface area contributed by atoms with Crippen molar-refractivity contribution in [3.05, 3.63) is 60.8 Å². The highest BCUT2D eigenvalue weighted by atomic mass is 16.6. The number of ether oxygens (including phenoxy) is 3. The van der Waals surface area contributed by atoms with Gasteiger partial charge in [-0.2, -0.15) is 0 Å². The first-order valence-corrected chi connectivity index (χ1v) is 23.4. The molecule has 0 saturated heterocycles. The number of carboxylic acid groups (broad SMARTS) is 1. The lowest BCUT2D eigenvalue weighted by Gasteiger charge is -2.31. The number of allylic oxidation sites excluding steroid dienone is 10. The number of rotatable bonds is 41. The van der Waals surface area contributed by atoms with E-state index in [-0.39, 0.29) is 36.2 Å². The maximum Gasteiger partial charge on any atom is 0.362 e. The Morgan fingerprint density at radius 2 is 1.00 bits per heavy atom. The lowest BCUT2D eigenvalue weighted by molar-refractivity contribution is -0.887. The number of carboxylic acids is 1. The van der Waals surface area contributed by atoms with Gasteiger partial charge < -0.3 is 23.8 Å². The highest BCUT2D eigenvalue weighted by Gasteiger charge is 2.31. The molecule has 0 fully saturated rings. The summed E-state index contributed by atoms with van der Waals surface area (Å²) >= 11 is 0. The van der Waals surface area contributed by atoms with E-state index in [1.54, 1.807) is 0 Å². The predicted octanol–water partition coefficient (Wildman–Crippen LogP) is 13.0. The van der Waals surface area contributed by atoms with Gasteiger partial charge in [-0.1, -0.05) is 171 Å². The van der Waals surface area contributed by atoms with Crippen LogP contribution in [0.25, 0.3) is 0 Å². The number of esters is 2. The fourth-order valence-corrected chi connectivity index (χ4v) is 6.66. The molecule has 0 aromatic heterocycles. The molecule has 0 bridgehead atoms. The highest BCUT2D eigenvalue weighted by Crippen LogP contribution is 2.15. The first-order chi connectivity index (χ1) is 28.1. The van der Waals surface area contributed by atoms with Crippen LogP contribution in [0.2, 0.25) is 0 Å². The second-order valence-electron chi connectivity index (χ2n) is 16.7. The Hall–Kier alpha value is -2.97. The molecule has 1 N–H and O–H groups in total. The van der Waals surface area contributed by atoms with Crippen LogP contribution in [-0.2, 0) is 28.6 Å². The van der Waals surface area contributed by atoms with Gasteiger partial charge in [0.25, 0.3) is 0 Å². The van der Waals surface area contributed by atoms with Gasteiger partial charge in [0.1, 0.15) is 6.61 Å². The van der Waals surface area contributed by atoms with Crippen LogP contribution in [0.1, 0.15) is 187 Å².